The second-order valence-corrected chi connectivity index (χ2v) is 7.09. The summed E-state index contributed by atoms with van der Waals surface area (Å²) in [6.45, 7) is 5.40. The standard InChI is InChI=1S/C21H27F2N5O2/c1-15-6-13-30-19(15)20(29)25-7-3-8-26-21(24-2)28-11-9-27(10-12-28)18-14-16(22)4-5-17(18)23/h4-6,13-14H,3,7-12H2,1-2H3,(H,24,26)(H,25,29). The monoisotopic (exact) mass is 419 g/mol. The Morgan fingerprint density at radius 1 is 1.13 bits per heavy atom. The molecule has 3 rings (SSSR count). The molecule has 1 amide bonds. The Hall–Kier alpha value is -3.10. The molecular weight excluding hydrogens is 392 g/mol. The Balaban J connectivity index is 1.40. The van der Waals surface area contributed by atoms with Crippen LogP contribution >= 0.6 is 0 Å². The van der Waals surface area contributed by atoms with Crippen molar-refractivity contribution < 1.29 is 18.0 Å². The number of anilines is 1. The molecule has 0 radical (unpaired) electrons. The summed E-state index contributed by atoms with van der Waals surface area (Å²) in [6, 6.07) is 5.27. The summed E-state index contributed by atoms with van der Waals surface area (Å²) in [5, 5.41) is 6.11. The maximum Gasteiger partial charge on any atom is 0.287 e. The number of benzene rings is 1. The minimum atomic E-state index is -0.444. The number of amides is 1. The van der Waals surface area contributed by atoms with Crippen LogP contribution in [-0.2, 0) is 0 Å². The van der Waals surface area contributed by atoms with Gasteiger partial charge in [-0.3, -0.25) is 9.79 Å². The molecule has 2 heterocycles. The van der Waals surface area contributed by atoms with Crippen LogP contribution in [0, 0.1) is 18.6 Å². The van der Waals surface area contributed by atoms with Gasteiger partial charge < -0.3 is 24.9 Å². The molecule has 0 spiro atoms. The van der Waals surface area contributed by atoms with Gasteiger partial charge in [-0.2, -0.15) is 0 Å². The minimum absolute atomic E-state index is 0.220. The van der Waals surface area contributed by atoms with E-state index in [2.05, 4.69) is 20.5 Å². The van der Waals surface area contributed by atoms with Crippen molar-refractivity contribution in [1.29, 1.82) is 0 Å². The number of hydrogen-bond donors (Lipinski definition) is 2. The van der Waals surface area contributed by atoms with Crippen molar-refractivity contribution >= 4 is 17.6 Å². The molecule has 9 heteroatoms. The number of piperazine rings is 1. The fourth-order valence-electron chi connectivity index (χ4n) is 3.40. The number of aliphatic imine (C=N–C) groups is 1. The van der Waals surface area contributed by atoms with Crippen LogP contribution in [0.15, 0.2) is 39.9 Å². The van der Waals surface area contributed by atoms with Crippen LogP contribution in [0.4, 0.5) is 14.5 Å². The summed E-state index contributed by atoms with van der Waals surface area (Å²) in [7, 11) is 1.71. The molecule has 1 saturated heterocycles. The molecule has 2 N–H and O–H groups in total. The van der Waals surface area contributed by atoms with Gasteiger partial charge in [-0.05, 0) is 31.5 Å². The highest BCUT2D eigenvalue weighted by Gasteiger charge is 2.22. The third-order valence-corrected chi connectivity index (χ3v) is 5.03. The van der Waals surface area contributed by atoms with Gasteiger partial charge in [-0.1, -0.05) is 0 Å². The number of halogens is 2. The molecule has 0 bridgehead atoms. The van der Waals surface area contributed by atoms with Gasteiger partial charge in [0.1, 0.15) is 11.6 Å². The second-order valence-electron chi connectivity index (χ2n) is 7.09. The highest BCUT2D eigenvalue weighted by Crippen LogP contribution is 2.21. The van der Waals surface area contributed by atoms with E-state index in [1.165, 1.54) is 12.3 Å². The maximum absolute atomic E-state index is 14.0. The van der Waals surface area contributed by atoms with Crippen molar-refractivity contribution in [3.05, 3.63) is 53.5 Å². The lowest BCUT2D eigenvalue weighted by molar-refractivity contribution is 0.0925. The van der Waals surface area contributed by atoms with Gasteiger partial charge in [0.25, 0.3) is 5.91 Å². The normalized spacial score (nSPS) is 14.7. The van der Waals surface area contributed by atoms with E-state index in [0.717, 1.165) is 30.1 Å². The van der Waals surface area contributed by atoms with Crippen LogP contribution in [-0.4, -0.2) is 63.1 Å². The lowest BCUT2D eigenvalue weighted by atomic mass is 10.2. The Kier molecular flexibility index (Phi) is 7.26. The number of guanidine groups is 1. The number of aryl methyl sites for hydroxylation is 1. The molecule has 162 valence electrons. The van der Waals surface area contributed by atoms with Crippen molar-refractivity contribution in [1.82, 2.24) is 15.5 Å². The van der Waals surface area contributed by atoms with Crippen molar-refractivity contribution in [2.75, 3.05) is 51.2 Å². The topological polar surface area (TPSA) is 73.1 Å². The van der Waals surface area contributed by atoms with Crippen LogP contribution in [0.5, 0.6) is 0 Å². The van der Waals surface area contributed by atoms with Gasteiger partial charge >= 0.3 is 0 Å². The average Bonchev–Trinajstić information content (AvgIpc) is 3.18. The van der Waals surface area contributed by atoms with Gasteiger partial charge in [0.15, 0.2) is 11.7 Å². The number of hydrogen-bond acceptors (Lipinski definition) is 4. The predicted octanol–water partition coefficient (Wildman–Crippen LogP) is 2.38. The first-order valence-electron chi connectivity index (χ1n) is 9.97. The van der Waals surface area contributed by atoms with Crippen molar-refractivity contribution in [3.63, 3.8) is 0 Å². The number of furan rings is 1. The summed E-state index contributed by atoms with van der Waals surface area (Å²) in [5.74, 6) is 0.0104. The Morgan fingerprint density at radius 2 is 1.87 bits per heavy atom. The third-order valence-electron chi connectivity index (χ3n) is 5.03. The zero-order valence-electron chi connectivity index (χ0n) is 17.3. The number of carbonyl (C=O) groups is 1. The van der Waals surface area contributed by atoms with Crippen LogP contribution in [0.3, 0.4) is 0 Å². The van der Waals surface area contributed by atoms with Crippen LogP contribution in [0.25, 0.3) is 0 Å². The quantitative estimate of drug-likeness (QED) is 0.427. The second kappa shape index (κ2) is 10.1. The number of carbonyl (C=O) groups excluding carboxylic acids is 1. The molecule has 30 heavy (non-hydrogen) atoms. The Labute approximate surface area is 174 Å². The number of nitrogens with zero attached hydrogens (tertiary/aromatic N) is 3. The van der Waals surface area contributed by atoms with E-state index in [0.29, 0.717) is 50.7 Å². The molecule has 0 saturated carbocycles. The smallest absolute Gasteiger partial charge is 0.287 e. The first kappa shape index (κ1) is 21.6. The van der Waals surface area contributed by atoms with E-state index in [4.69, 9.17) is 4.42 Å². The SMILES string of the molecule is CN=C(NCCCNC(=O)c1occc1C)N1CCN(c2cc(F)ccc2F)CC1. The molecule has 0 aliphatic carbocycles. The Morgan fingerprint density at radius 3 is 2.53 bits per heavy atom. The molecular formula is C21H27F2N5O2. The third kappa shape index (κ3) is 5.28. The van der Waals surface area contributed by atoms with Gasteiger partial charge in [-0.15, -0.1) is 0 Å². The van der Waals surface area contributed by atoms with E-state index in [1.54, 1.807) is 13.1 Å². The fourth-order valence-corrected chi connectivity index (χ4v) is 3.40. The lowest BCUT2D eigenvalue weighted by Gasteiger charge is -2.37. The van der Waals surface area contributed by atoms with E-state index in [9.17, 15) is 13.6 Å². The predicted molar refractivity (Wildman–Crippen MR) is 112 cm³/mol. The van der Waals surface area contributed by atoms with E-state index < -0.39 is 11.6 Å². The first-order chi connectivity index (χ1) is 14.5. The number of nitrogens with one attached hydrogen (secondary N) is 2. The molecule has 1 aliphatic heterocycles. The van der Waals surface area contributed by atoms with Crippen molar-refractivity contribution in [2.24, 2.45) is 4.99 Å². The largest absolute Gasteiger partial charge is 0.459 e. The molecule has 2 aromatic rings. The molecule has 0 atom stereocenters. The highest BCUT2D eigenvalue weighted by atomic mass is 19.1. The molecule has 7 nitrogen and oxygen atoms in total. The van der Waals surface area contributed by atoms with E-state index in [1.807, 2.05) is 11.8 Å². The summed E-state index contributed by atoms with van der Waals surface area (Å²) in [5.41, 5.74) is 1.10. The van der Waals surface area contributed by atoms with Gasteiger partial charge in [-0.25, -0.2) is 8.78 Å². The molecule has 1 aliphatic rings. The average molecular weight is 419 g/mol. The molecule has 1 fully saturated rings. The van der Waals surface area contributed by atoms with Crippen molar-refractivity contribution in [2.45, 2.75) is 13.3 Å². The molecule has 0 unspecified atom stereocenters. The van der Waals surface area contributed by atoms with Gasteiger partial charge in [0.2, 0.25) is 0 Å². The van der Waals surface area contributed by atoms with Gasteiger partial charge in [0.05, 0.1) is 12.0 Å². The summed E-state index contributed by atoms with van der Waals surface area (Å²) in [4.78, 5) is 20.2. The van der Waals surface area contributed by atoms with E-state index in [-0.39, 0.29) is 5.91 Å². The summed E-state index contributed by atoms with van der Waals surface area (Å²) < 4.78 is 32.6. The van der Waals surface area contributed by atoms with Crippen LogP contribution < -0.4 is 15.5 Å². The van der Waals surface area contributed by atoms with Crippen molar-refractivity contribution in [3.8, 4) is 0 Å². The van der Waals surface area contributed by atoms with Crippen LogP contribution in [0.1, 0.15) is 22.5 Å². The lowest BCUT2D eigenvalue weighted by Crippen LogP contribution is -2.53. The molecule has 1 aromatic heterocycles. The number of rotatable bonds is 6. The summed E-state index contributed by atoms with van der Waals surface area (Å²) >= 11 is 0. The van der Waals surface area contributed by atoms with Gasteiger partial charge in [0, 0.05) is 57.9 Å². The Bertz CT molecular complexity index is 891. The fraction of sp³-hybridized carbons (Fsp3) is 0.429. The zero-order valence-corrected chi connectivity index (χ0v) is 17.3. The maximum atomic E-state index is 14.0. The zero-order chi connectivity index (χ0) is 21.5. The van der Waals surface area contributed by atoms with E-state index >= 15 is 0 Å². The summed E-state index contributed by atoms with van der Waals surface area (Å²) in [6.07, 6.45) is 2.22. The minimum Gasteiger partial charge on any atom is -0.459 e. The first-order valence-corrected chi connectivity index (χ1v) is 9.97. The highest BCUT2D eigenvalue weighted by molar-refractivity contribution is 5.92. The molecule has 1 aromatic carbocycles. The van der Waals surface area contributed by atoms with Crippen LogP contribution in [0.2, 0.25) is 0 Å².